The molecule has 4 aromatic rings. The molecule has 2 bridgehead atoms. The van der Waals surface area contributed by atoms with E-state index in [9.17, 15) is 9.18 Å². The number of ether oxygens (including phenoxy) is 1. The van der Waals surface area contributed by atoms with E-state index in [1.54, 1.807) is 49.1 Å². The number of amides is 1. The molecule has 0 atom stereocenters. The van der Waals surface area contributed by atoms with E-state index in [-0.39, 0.29) is 23.5 Å². The number of aromatic nitrogens is 5. The lowest BCUT2D eigenvalue weighted by Gasteiger charge is -2.14. The topological polar surface area (TPSA) is 94.8 Å². The molecular weight excluding hydrogens is 423 g/mol. The van der Waals surface area contributed by atoms with Crippen molar-refractivity contribution in [2.24, 2.45) is 0 Å². The molecule has 9 heteroatoms. The molecule has 5 rings (SSSR count). The highest BCUT2D eigenvalue weighted by Crippen LogP contribution is 2.31. The maximum atomic E-state index is 14.9. The van der Waals surface area contributed by atoms with Gasteiger partial charge in [0.05, 0.1) is 12.2 Å². The van der Waals surface area contributed by atoms with Crippen LogP contribution >= 0.6 is 0 Å². The van der Waals surface area contributed by atoms with Gasteiger partial charge in [-0.15, -0.1) is 10.2 Å². The molecule has 8 nitrogen and oxygen atoms in total. The predicted octanol–water partition coefficient (Wildman–Crippen LogP) is 4.13. The number of halogens is 1. The van der Waals surface area contributed by atoms with Gasteiger partial charge in [0.2, 0.25) is 0 Å². The summed E-state index contributed by atoms with van der Waals surface area (Å²) in [6.45, 7) is 0.840. The summed E-state index contributed by atoms with van der Waals surface area (Å²) in [6, 6.07) is 11.3. The number of rotatable bonds is 1. The Bertz CT molecular complexity index is 1340. The van der Waals surface area contributed by atoms with E-state index < -0.39 is 11.7 Å². The Morgan fingerprint density at radius 1 is 1.06 bits per heavy atom. The average molecular weight is 442 g/mol. The average Bonchev–Trinajstić information content (AvgIpc) is 3.30. The second kappa shape index (κ2) is 8.99. The first kappa shape index (κ1) is 20.5. The van der Waals surface area contributed by atoms with E-state index >= 15 is 0 Å². The summed E-state index contributed by atoms with van der Waals surface area (Å²) in [7, 11) is 0. The molecule has 0 aliphatic carbocycles. The molecule has 0 saturated heterocycles. The van der Waals surface area contributed by atoms with Crippen molar-refractivity contribution in [3.63, 3.8) is 0 Å². The maximum Gasteiger partial charge on any atom is 0.260 e. The van der Waals surface area contributed by atoms with Crippen molar-refractivity contribution < 1.29 is 13.9 Å². The van der Waals surface area contributed by atoms with E-state index in [1.807, 2.05) is 16.7 Å². The first-order chi connectivity index (χ1) is 16.2. The molecule has 0 spiro atoms. The minimum Gasteiger partial charge on any atom is -0.492 e. The fourth-order valence-electron chi connectivity index (χ4n) is 3.55. The van der Waals surface area contributed by atoms with Gasteiger partial charge in [-0.2, -0.15) is 0 Å². The highest BCUT2D eigenvalue weighted by molar-refractivity contribution is 6.06. The van der Waals surface area contributed by atoms with Crippen LogP contribution in [0.5, 0.6) is 5.75 Å². The summed E-state index contributed by atoms with van der Waals surface area (Å²) in [4.78, 5) is 21.7. The highest BCUT2D eigenvalue weighted by atomic mass is 19.1. The number of anilines is 1. The molecule has 164 valence electrons. The van der Waals surface area contributed by atoms with Crippen molar-refractivity contribution in [3.05, 3.63) is 84.7 Å². The second-order valence-corrected chi connectivity index (χ2v) is 7.34. The summed E-state index contributed by atoms with van der Waals surface area (Å²) in [5.74, 6) is 0.137. The summed E-state index contributed by atoms with van der Waals surface area (Å²) in [5.41, 5.74) is 1.66. The van der Waals surface area contributed by atoms with Gasteiger partial charge in [-0.1, -0.05) is 18.2 Å². The molecule has 1 aromatic carbocycles. The van der Waals surface area contributed by atoms with Gasteiger partial charge in [-0.05, 0) is 42.3 Å². The van der Waals surface area contributed by atoms with Crippen LogP contribution in [-0.4, -0.2) is 37.2 Å². The van der Waals surface area contributed by atoms with Crippen molar-refractivity contribution in [1.82, 2.24) is 24.7 Å². The first-order valence-corrected chi connectivity index (χ1v) is 10.4. The van der Waals surface area contributed by atoms with Crippen molar-refractivity contribution >= 4 is 11.7 Å². The van der Waals surface area contributed by atoms with Gasteiger partial charge < -0.3 is 14.6 Å². The van der Waals surface area contributed by atoms with Gasteiger partial charge in [0.15, 0.2) is 5.82 Å². The van der Waals surface area contributed by atoms with Gasteiger partial charge in [0, 0.05) is 30.6 Å². The lowest BCUT2D eigenvalue weighted by molar-refractivity contribution is 0.102. The van der Waals surface area contributed by atoms with E-state index in [4.69, 9.17) is 4.74 Å². The molecule has 1 amide bonds. The van der Waals surface area contributed by atoms with Crippen LogP contribution < -0.4 is 10.1 Å². The molecule has 1 N–H and O–H groups in total. The fourth-order valence-corrected chi connectivity index (χ4v) is 3.55. The number of nitrogens with zero attached hydrogens (tertiary/aromatic N) is 5. The Morgan fingerprint density at radius 2 is 1.94 bits per heavy atom. The predicted molar refractivity (Wildman–Crippen MR) is 120 cm³/mol. The fraction of sp³-hybridized carbons (Fsp3) is 0.125. The zero-order valence-corrected chi connectivity index (χ0v) is 17.5. The zero-order chi connectivity index (χ0) is 22.6. The van der Waals surface area contributed by atoms with Crippen LogP contribution in [0.25, 0.3) is 22.6 Å². The van der Waals surface area contributed by atoms with Crippen LogP contribution in [0.3, 0.4) is 0 Å². The number of benzene rings is 1. The molecule has 0 radical (unpaired) electrons. The SMILES string of the molecule is O=C1Nc2cccc(n2)-c2nncn2C/C=C\CCOc2cc(F)c(-c3ccncc3)cc21. The number of hydrogen-bond acceptors (Lipinski definition) is 6. The Labute approximate surface area is 188 Å². The summed E-state index contributed by atoms with van der Waals surface area (Å²) in [6.07, 6.45) is 9.27. The Balaban J connectivity index is 1.58. The number of pyridine rings is 2. The van der Waals surface area contributed by atoms with Crippen LogP contribution in [0.15, 0.2) is 73.3 Å². The van der Waals surface area contributed by atoms with Crippen molar-refractivity contribution in [1.29, 1.82) is 0 Å². The zero-order valence-electron chi connectivity index (χ0n) is 17.5. The smallest absolute Gasteiger partial charge is 0.260 e. The van der Waals surface area contributed by atoms with Gasteiger partial charge in [0.1, 0.15) is 29.4 Å². The van der Waals surface area contributed by atoms with Gasteiger partial charge in [0.25, 0.3) is 5.91 Å². The van der Waals surface area contributed by atoms with Gasteiger partial charge in [-0.3, -0.25) is 9.78 Å². The van der Waals surface area contributed by atoms with E-state index in [2.05, 4.69) is 25.5 Å². The third kappa shape index (κ3) is 4.33. The number of hydrogen-bond donors (Lipinski definition) is 1. The summed E-state index contributed by atoms with van der Waals surface area (Å²) in [5, 5.41) is 10.9. The summed E-state index contributed by atoms with van der Waals surface area (Å²) >= 11 is 0. The Morgan fingerprint density at radius 3 is 2.82 bits per heavy atom. The molecule has 0 fully saturated rings. The standard InChI is InChI=1S/C24H19FN6O2/c25-19-14-21-18(13-17(19)16-7-9-26-10-8-16)24(32)29-22-6-4-5-20(28-22)23-30-27-15-31(23)11-2-1-3-12-33-21/h1-2,4-10,13-15H,3,11-12H2,(H,28,29,32)/b2-1-. The number of carbonyl (C=O) groups excluding carboxylic acids is 1. The molecule has 3 aromatic heterocycles. The maximum absolute atomic E-state index is 14.9. The van der Waals surface area contributed by atoms with Gasteiger partial charge >= 0.3 is 0 Å². The van der Waals surface area contributed by atoms with Crippen LogP contribution in [0, 0.1) is 5.82 Å². The largest absolute Gasteiger partial charge is 0.492 e. The second-order valence-electron chi connectivity index (χ2n) is 7.34. The lowest BCUT2D eigenvalue weighted by atomic mass is 10.0. The van der Waals surface area contributed by atoms with Crippen molar-refractivity contribution in [3.8, 4) is 28.4 Å². The first-order valence-electron chi connectivity index (χ1n) is 10.4. The van der Waals surface area contributed by atoms with E-state index in [1.165, 1.54) is 12.1 Å². The minimum absolute atomic E-state index is 0.166. The summed E-state index contributed by atoms with van der Waals surface area (Å²) < 4.78 is 22.6. The third-order valence-corrected chi connectivity index (χ3v) is 5.15. The minimum atomic E-state index is -0.487. The number of carbonyl (C=O) groups is 1. The van der Waals surface area contributed by atoms with Crippen LogP contribution in [0.4, 0.5) is 10.2 Å². The van der Waals surface area contributed by atoms with Crippen molar-refractivity contribution in [2.45, 2.75) is 13.0 Å². The molecule has 0 saturated carbocycles. The van der Waals surface area contributed by atoms with Crippen molar-refractivity contribution in [2.75, 3.05) is 11.9 Å². The van der Waals surface area contributed by atoms with Gasteiger partial charge in [-0.25, -0.2) is 9.37 Å². The Kier molecular flexibility index (Phi) is 5.59. The van der Waals surface area contributed by atoms with Crippen LogP contribution in [-0.2, 0) is 6.54 Å². The molecule has 1 aliphatic heterocycles. The van der Waals surface area contributed by atoms with E-state index in [0.717, 1.165) is 0 Å². The monoisotopic (exact) mass is 442 g/mol. The quantitative estimate of drug-likeness (QED) is 0.446. The molecule has 33 heavy (non-hydrogen) atoms. The molecule has 1 aliphatic rings. The normalized spacial score (nSPS) is 14.6. The van der Waals surface area contributed by atoms with Crippen LogP contribution in [0.2, 0.25) is 0 Å². The molecule has 0 unspecified atom stereocenters. The lowest BCUT2D eigenvalue weighted by Crippen LogP contribution is -2.15. The molecular formula is C24H19FN6O2. The number of nitrogens with one attached hydrogen (secondary N) is 1. The number of allylic oxidation sites excluding steroid dienone is 1. The Hall–Kier alpha value is -4.40. The number of fused-ring (bicyclic) bond motifs is 5. The molecule has 4 heterocycles. The van der Waals surface area contributed by atoms with Crippen LogP contribution in [0.1, 0.15) is 16.8 Å². The highest BCUT2D eigenvalue weighted by Gasteiger charge is 2.19. The third-order valence-electron chi connectivity index (χ3n) is 5.15. The van der Waals surface area contributed by atoms with E-state index in [0.29, 0.717) is 35.9 Å².